The van der Waals surface area contributed by atoms with Crippen molar-refractivity contribution in [1.29, 1.82) is 0 Å². The van der Waals surface area contributed by atoms with Gasteiger partial charge >= 0.3 is 0 Å². The first-order valence-electron chi connectivity index (χ1n) is 4.39. The molecule has 2 rings (SSSR count). The largest absolute Gasteiger partial charge is 0.427 e. The first kappa shape index (κ1) is 8.10. The van der Waals surface area contributed by atoms with E-state index in [0.717, 1.165) is 23.0 Å². The lowest BCUT2D eigenvalue weighted by atomic mass is 10.2. The maximum atomic E-state index is 9.67. The number of fused-ring (bicyclic) bond motifs is 1. The minimum atomic E-state index is 0.709. The van der Waals surface area contributed by atoms with E-state index in [1.165, 1.54) is 4.73 Å². The molecular weight excluding hydrogens is 164 g/mol. The van der Waals surface area contributed by atoms with Crippen molar-refractivity contribution in [3.8, 4) is 0 Å². The third-order valence-electron chi connectivity index (χ3n) is 2.17. The SMILES string of the molecule is CCc1nc2ccc(C)cc2n1O. The van der Waals surface area contributed by atoms with Gasteiger partial charge in [-0.15, -0.1) is 0 Å². The highest BCUT2D eigenvalue weighted by Gasteiger charge is 2.07. The summed E-state index contributed by atoms with van der Waals surface area (Å²) in [5, 5.41) is 9.67. The molecule has 3 nitrogen and oxygen atoms in total. The summed E-state index contributed by atoms with van der Waals surface area (Å²) in [4.78, 5) is 4.28. The molecule has 0 saturated heterocycles. The second kappa shape index (κ2) is 2.76. The van der Waals surface area contributed by atoms with Gasteiger partial charge in [-0.25, -0.2) is 4.98 Å². The zero-order valence-electron chi connectivity index (χ0n) is 7.78. The molecule has 0 aliphatic heterocycles. The van der Waals surface area contributed by atoms with Gasteiger partial charge in [0.1, 0.15) is 11.3 Å². The fourth-order valence-corrected chi connectivity index (χ4v) is 1.45. The second-order valence-electron chi connectivity index (χ2n) is 3.19. The molecule has 0 unspecified atom stereocenters. The van der Waals surface area contributed by atoms with E-state index in [9.17, 15) is 5.21 Å². The molecular formula is C10H12N2O. The van der Waals surface area contributed by atoms with Crippen LogP contribution in [0, 0.1) is 6.92 Å². The van der Waals surface area contributed by atoms with Crippen molar-refractivity contribution in [1.82, 2.24) is 9.71 Å². The molecule has 0 fully saturated rings. The number of imidazole rings is 1. The van der Waals surface area contributed by atoms with Crippen molar-refractivity contribution < 1.29 is 5.21 Å². The minimum absolute atomic E-state index is 0.709. The van der Waals surface area contributed by atoms with Gasteiger partial charge in [-0.3, -0.25) is 0 Å². The van der Waals surface area contributed by atoms with Gasteiger partial charge in [0.2, 0.25) is 0 Å². The Hall–Kier alpha value is -1.51. The highest BCUT2D eigenvalue weighted by atomic mass is 16.5. The van der Waals surface area contributed by atoms with Crippen LogP contribution in [0.15, 0.2) is 18.2 Å². The number of rotatable bonds is 1. The Morgan fingerprint density at radius 2 is 2.23 bits per heavy atom. The Kier molecular flexibility index (Phi) is 1.72. The molecule has 1 aromatic heterocycles. The second-order valence-corrected chi connectivity index (χ2v) is 3.19. The predicted octanol–water partition coefficient (Wildman–Crippen LogP) is 2.14. The molecule has 1 aromatic carbocycles. The monoisotopic (exact) mass is 176 g/mol. The van der Waals surface area contributed by atoms with Crippen molar-refractivity contribution >= 4 is 11.0 Å². The van der Waals surface area contributed by atoms with E-state index >= 15 is 0 Å². The molecule has 0 bridgehead atoms. The van der Waals surface area contributed by atoms with E-state index in [0.29, 0.717) is 5.82 Å². The fourth-order valence-electron chi connectivity index (χ4n) is 1.45. The average Bonchev–Trinajstić information content (AvgIpc) is 2.44. The van der Waals surface area contributed by atoms with Crippen molar-refractivity contribution in [2.45, 2.75) is 20.3 Å². The van der Waals surface area contributed by atoms with Crippen LogP contribution >= 0.6 is 0 Å². The number of aryl methyl sites for hydroxylation is 2. The number of nitrogens with zero attached hydrogens (tertiary/aromatic N) is 2. The van der Waals surface area contributed by atoms with E-state index in [-0.39, 0.29) is 0 Å². The maximum Gasteiger partial charge on any atom is 0.145 e. The summed E-state index contributed by atoms with van der Waals surface area (Å²) in [5.74, 6) is 0.709. The summed E-state index contributed by atoms with van der Waals surface area (Å²) < 4.78 is 1.17. The highest BCUT2D eigenvalue weighted by Crippen LogP contribution is 2.16. The van der Waals surface area contributed by atoms with Gasteiger partial charge < -0.3 is 5.21 Å². The van der Waals surface area contributed by atoms with Crippen LogP contribution in [0.2, 0.25) is 0 Å². The number of hydrogen-bond acceptors (Lipinski definition) is 2. The molecule has 68 valence electrons. The van der Waals surface area contributed by atoms with E-state index in [2.05, 4.69) is 4.98 Å². The van der Waals surface area contributed by atoms with Crippen LogP contribution < -0.4 is 0 Å². The van der Waals surface area contributed by atoms with Crippen molar-refractivity contribution in [3.05, 3.63) is 29.6 Å². The molecule has 1 N–H and O–H groups in total. The molecule has 2 aromatic rings. The lowest BCUT2D eigenvalue weighted by Crippen LogP contribution is -1.96. The predicted molar refractivity (Wildman–Crippen MR) is 51.0 cm³/mol. The molecule has 0 aliphatic rings. The Balaban J connectivity index is 2.77. The van der Waals surface area contributed by atoms with Crippen LogP contribution in [0.3, 0.4) is 0 Å². The third-order valence-corrected chi connectivity index (χ3v) is 2.17. The van der Waals surface area contributed by atoms with Crippen molar-refractivity contribution in [3.63, 3.8) is 0 Å². The molecule has 13 heavy (non-hydrogen) atoms. The Bertz CT molecular complexity index is 445. The lowest BCUT2D eigenvalue weighted by molar-refractivity contribution is 0.188. The van der Waals surface area contributed by atoms with Crippen LogP contribution in [0.5, 0.6) is 0 Å². The number of benzene rings is 1. The summed E-state index contributed by atoms with van der Waals surface area (Å²) in [7, 11) is 0. The fraction of sp³-hybridized carbons (Fsp3) is 0.300. The molecule has 0 atom stereocenters. The normalized spacial score (nSPS) is 10.9. The third kappa shape index (κ3) is 1.16. The first-order valence-corrected chi connectivity index (χ1v) is 4.39. The van der Waals surface area contributed by atoms with Gasteiger partial charge in [0.25, 0.3) is 0 Å². The summed E-state index contributed by atoms with van der Waals surface area (Å²) in [6.45, 7) is 3.97. The standard InChI is InChI=1S/C10H12N2O/c1-3-10-11-8-5-4-7(2)6-9(8)12(10)13/h4-6,13H,3H2,1-2H3. The zero-order chi connectivity index (χ0) is 9.42. The van der Waals surface area contributed by atoms with Crippen molar-refractivity contribution in [2.75, 3.05) is 0 Å². The molecule has 1 heterocycles. The van der Waals surface area contributed by atoms with E-state index in [1.807, 2.05) is 32.0 Å². The Morgan fingerprint density at radius 1 is 1.46 bits per heavy atom. The topological polar surface area (TPSA) is 38.0 Å². The summed E-state index contributed by atoms with van der Waals surface area (Å²) in [5.41, 5.74) is 2.77. The summed E-state index contributed by atoms with van der Waals surface area (Å²) >= 11 is 0. The quantitative estimate of drug-likeness (QED) is 0.676. The molecule has 3 heteroatoms. The van der Waals surface area contributed by atoms with Gasteiger partial charge in [0, 0.05) is 6.42 Å². The molecule has 0 radical (unpaired) electrons. The summed E-state index contributed by atoms with van der Waals surface area (Å²) in [6.07, 6.45) is 0.740. The zero-order valence-corrected chi connectivity index (χ0v) is 7.78. The minimum Gasteiger partial charge on any atom is -0.427 e. The Labute approximate surface area is 76.6 Å². The van der Waals surface area contributed by atoms with Crippen LogP contribution in [-0.4, -0.2) is 14.9 Å². The van der Waals surface area contributed by atoms with Gasteiger partial charge in [-0.05, 0) is 24.6 Å². The number of aromatic nitrogens is 2. The van der Waals surface area contributed by atoms with Crippen molar-refractivity contribution in [2.24, 2.45) is 0 Å². The lowest BCUT2D eigenvalue weighted by Gasteiger charge is -1.96. The first-order chi connectivity index (χ1) is 6.22. The van der Waals surface area contributed by atoms with Gasteiger partial charge in [0.15, 0.2) is 0 Å². The van der Waals surface area contributed by atoms with Gasteiger partial charge in [-0.2, -0.15) is 4.73 Å². The number of hydrogen-bond donors (Lipinski definition) is 1. The maximum absolute atomic E-state index is 9.67. The van der Waals surface area contributed by atoms with Crippen LogP contribution in [0.25, 0.3) is 11.0 Å². The average molecular weight is 176 g/mol. The van der Waals surface area contributed by atoms with Crippen LogP contribution in [0.1, 0.15) is 18.3 Å². The van der Waals surface area contributed by atoms with Crippen LogP contribution in [0.4, 0.5) is 0 Å². The highest BCUT2D eigenvalue weighted by molar-refractivity contribution is 5.76. The van der Waals surface area contributed by atoms with Crippen LogP contribution in [-0.2, 0) is 6.42 Å². The molecule has 0 spiro atoms. The smallest absolute Gasteiger partial charge is 0.145 e. The summed E-state index contributed by atoms with van der Waals surface area (Å²) in [6, 6.07) is 5.85. The van der Waals surface area contributed by atoms with E-state index in [4.69, 9.17) is 0 Å². The van der Waals surface area contributed by atoms with Gasteiger partial charge in [-0.1, -0.05) is 13.0 Å². The van der Waals surface area contributed by atoms with E-state index < -0.39 is 0 Å². The molecule has 0 amide bonds. The molecule has 0 saturated carbocycles. The van der Waals surface area contributed by atoms with E-state index in [1.54, 1.807) is 0 Å². The molecule has 0 aliphatic carbocycles. The van der Waals surface area contributed by atoms with Gasteiger partial charge in [0.05, 0.1) is 5.52 Å². The Morgan fingerprint density at radius 3 is 2.92 bits per heavy atom.